The number of hydrogen-bond acceptors (Lipinski definition) is 4. The fraction of sp³-hybridized carbons (Fsp3) is 0.111. The van der Waals surface area contributed by atoms with Gasteiger partial charge in [0.2, 0.25) is 0 Å². The van der Waals surface area contributed by atoms with Gasteiger partial charge < -0.3 is 10.4 Å². The van der Waals surface area contributed by atoms with Gasteiger partial charge in [-0.3, -0.25) is 0 Å². The normalized spacial score (nSPS) is 10.7. The molecular weight excluding hydrogens is 439 g/mol. The van der Waals surface area contributed by atoms with Crippen LogP contribution in [0, 0.1) is 5.82 Å². The van der Waals surface area contributed by atoms with E-state index < -0.39 is 6.09 Å². The molecule has 0 saturated carbocycles. The summed E-state index contributed by atoms with van der Waals surface area (Å²) in [7, 11) is 0. The second-order valence-electron chi connectivity index (χ2n) is 5.26. The number of hydrogen-bond donors (Lipinski definition) is 2. The highest BCUT2D eigenvalue weighted by Gasteiger charge is 2.17. The summed E-state index contributed by atoms with van der Waals surface area (Å²) in [6.45, 7) is 0.264. The number of halogens is 2. The molecule has 1 amide bonds. The number of nitrogens with one attached hydrogen (secondary N) is 1. The monoisotopic (exact) mass is 452 g/mol. The highest BCUT2D eigenvalue weighted by Crippen LogP contribution is 2.41. The minimum atomic E-state index is -1.07. The van der Waals surface area contributed by atoms with Crippen molar-refractivity contribution in [1.29, 1.82) is 0 Å². The first kappa shape index (κ1) is 18.9. The molecule has 0 aliphatic carbocycles. The lowest BCUT2D eigenvalue weighted by Gasteiger charge is -2.04. The molecule has 8 heteroatoms. The van der Waals surface area contributed by atoms with Gasteiger partial charge in [0, 0.05) is 27.9 Å². The van der Waals surface area contributed by atoms with Gasteiger partial charge in [-0.15, -0.1) is 11.3 Å². The summed E-state index contributed by atoms with van der Waals surface area (Å²) < 4.78 is 16.1. The van der Waals surface area contributed by atoms with Crippen molar-refractivity contribution in [3.05, 3.63) is 63.8 Å². The minimum absolute atomic E-state index is 0.264. The summed E-state index contributed by atoms with van der Waals surface area (Å²) in [5.74, 6) is -0.330. The molecule has 0 saturated heterocycles. The first-order valence-electron chi connectivity index (χ1n) is 7.68. The zero-order valence-electron chi connectivity index (χ0n) is 13.4. The van der Waals surface area contributed by atoms with Gasteiger partial charge in [0.1, 0.15) is 5.82 Å². The lowest BCUT2D eigenvalue weighted by Crippen LogP contribution is -2.23. The lowest BCUT2D eigenvalue weighted by atomic mass is 10.1. The Morgan fingerprint density at radius 3 is 2.81 bits per heavy atom. The number of thiazole rings is 1. The fourth-order valence-corrected chi connectivity index (χ4v) is 5.16. The Balaban J connectivity index is 1.93. The Hall–Kier alpha value is -1.90. The van der Waals surface area contributed by atoms with Crippen LogP contribution in [0.2, 0.25) is 0 Å². The summed E-state index contributed by atoms with van der Waals surface area (Å²) in [6, 6.07) is 14.4. The van der Waals surface area contributed by atoms with Crippen LogP contribution in [0.15, 0.2) is 62.1 Å². The number of nitrogens with zero attached hydrogens (tertiary/aromatic N) is 1. The summed E-state index contributed by atoms with van der Waals surface area (Å²) in [4.78, 5) is 16.2. The molecule has 3 aromatic rings. The second-order valence-corrected chi connectivity index (χ2v) is 8.61. The Bertz CT molecular complexity index is 933. The Morgan fingerprint density at radius 2 is 2.08 bits per heavy atom. The number of benzene rings is 2. The van der Waals surface area contributed by atoms with Gasteiger partial charge in [0.05, 0.1) is 14.9 Å². The topological polar surface area (TPSA) is 62.2 Å². The largest absolute Gasteiger partial charge is 0.465 e. The van der Waals surface area contributed by atoms with Gasteiger partial charge in [0.15, 0.2) is 0 Å². The van der Waals surface area contributed by atoms with Crippen LogP contribution < -0.4 is 5.32 Å². The predicted molar refractivity (Wildman–Crippen MR) is 106 cm³/mol. The van der Waals surface area contributed by atoms with E-state index in [-0.39, 0.29) is 12.4 Å². The molecular formula is C18H14BrFN2O2S2. The summed E-state index contributed by atoms with van der Waals surface area (Å²) in [5.41, 5.74) is 1.03. The number of aromatic nitrogens is 1. The predicted octanol–water partition coefficient (Wildman–Crippen LogP) is 5.67. The Labute approximate surface area is 166 Å². The van der Waals surface area contributed by atoms with E-state index in [9.17, 15) is 9.18 Å². The smallest absolute Gasteiger partial charge is 0.404 e. The number of rotatable bonds is 6. The molecule has 0 atom stereocenters. The highest BCUT2D eigenvalue weighted by atomic mass is 79.9. The van der Waals surface area contributed by atoms with Gasteiger partial charge >= 0.3 is 6.09 Å². The minimum Gasteiger partial charge on any atom is -0.465 e. The second kappa shape index (κ2) is 8.66. The molecule has 3 rings (SSSR count). The van der Waals surface area contributed by atoms with E-state index in [0.717, 1.165) is 18.6 Å². The van der Waals surface area contributed by atoms with E-state index in [0.29, 0.717) is 17.7 Å². The maximum Gasteiger partial charge on any atom is 0.404 e. The van der Waals surface area contributed by atoms with Gasteiger partial charge in [-0.1, -0.05) is 45.9 Å². The van der Waals surface area contributed by atoms with E-state index in [1.54, 1.807) is 18.2 Å². The number of carboxylic acid groups (broad SMARTS) is 1. The average molecular weight is 453 g/mol. The summed E-state index contributed by atoms with van der Waals surface area (Å²) in [5, 5.41) is 11.8. The number of carbonyl (C=O) groups is 1. The van der Waals surface area contributed by atoms with Crippen LogP contribution in [0.1, 0.15) is 5.01 Å². The van der Waals surface area contributed by atoms with Crippen molar-refractivity contribution >= 4 is 45.1 Å². The van der Waals surface area contributed by atoms with Crippen LogP contribution in [-0.2, 0) is 6.42 Å². The lowest BCUT2D eigenvalue weighted by molar-refractivity contribution is 0.194. The first-order chi connectivity index (χ1) is 12.5. The summed E-state index contributed by atoms with van der Waals surface area (Å²) in [6.07, 6.45) is -0.614. The van der Waals surface area contributed by atoms with Gasteiger partial charge in [-0.05, 0) is 30.3 Å². The van der Waals surface area contributed by atoms with Crippen LogP contribution in [0.4, 0.5) is 9.18 Å². The van der Waals surface area contributed by atoms with Crippen molar-refractivity contribution in [2.75, 3.05) is 6.54 Å². The van der Waals surface area contributed by atoms with Crippen molar-refractivity contribution in [2.45, 2.75) is 15.5 Å². The van der Waals surface area contributed by atoms with E-state index in [2.05, 4.69) is 26.2 Å². The van der Waals surface area contributed by atoms with Gasteiger partial charge in [-0.2, -0.15) is 0 Å². The fourth-order valence-electron chi connectivity index (χ4n) is 2.26. The van der Waals surface area contributed by atoms with E-state index >= 15 is 0 Å². The zero-order chi connectivity index (χ0) is 18.5. The van der Waals surface area contributed by atoms with Crippen LogP contribution in [-0.4, -0.2) is 22.7 Å². The van der Waals surface area contributed by atoms with Crippen molar-refractivity contribution in [2.24, 2.45) is 0 Å². The van der Waals surface area contributed by atoms with Crippen LogP contribution >= 0.6 is 39.0 Å². The molecule has 1 heterocycles. The van der Waals surface area contributed by atoms with Crippen LogP contribution in [0.25, 0.3) is 11.3 Å². The molecule has 0 radical (unpaired) electrons. The van der Waals surface area contributed by atoms with Crippen molar-refractivity contribution < 1.29 is 14.3 Å². The molecule has 0 aliphatic heterocycles. The third-order valence-corrected chi connectivity index (χ3v) is 6.16. The quantitative estimate of drug-likeness (QED) is 0.505. The number of amides is 1. The summed E-state index contributed by atoms with van der Waals surface area (Å²) >= 11 is 6.42. The first-order valence-corrected chi connectivity index (χ1v) is 10.1. The third-order valence-electron chi connectivity index (χ3n) is 3.39. The van der Waals surface area contributed by atoms with E-state index in [1.165, 1.54) is 29.2 Å². The molecule has 0 fully saturated rings. The van der Waals surface area contributed by atoms with Crippen LogP contribution in [0.3, 0.4) is 0 Å². The Kier molecular flexibility index (Phi) is 6.29. The molecule has 1 aromatic heterocycles. The third kappa shape index (κ3) is 4.84. The SMILES string of the molecule is O=C(O)NCCc1nc(-c2ccccc2F)c(Sc2cccc(Br)c2)s1. The average Bonchev–Trinajstić information content (AvgIpc) is 2.97. The molecule has 2 N–H and O–H groups in total. The molecule has 26 heavy (non-hydrogen) atoms. The van der Waals surface area contributed by atoms with E-state index in [4.69, 9.17) is 5.11 Å². The van der Waals surface area contributed by atoms with Crippen molar-refractivity contribution in [1.82, 2.24) is 10.3 Å². The van der Waals surface area contributed by atoms with Crippen molar-refractivity contribution in [3.63, 3.8) is 0 Å². The molecule has 0 aliphatic rings. The molecule has 2 aromatic carbocycles. The van der Waals surface area contributed by atoms with Gasteiger partial charge in [0.25, 0.3) is 0 Å². The standard InChI is InChI=1S/C18H14BrFN2O2S2/c19-11-4-3-5-12(10-11)25-17-16(13-6-1-2-7-14(13)20)22-15(26-17)8-9-21-18(23)24/h1-7,10,21H,8-9H2,(H,23,24). The molecule has 0 unspecified atom stereocenters. The maximum atomic E-state index is 14.3. The molecule has 0 bridgehead atoms. The zero-order valence-corrected chi connectivity index (χ0v) is 16.6. The molecule has 4 nitrogen and oxygen atoms in total. The van der Waals surface area contributed by atoms with Crippen LogP contribution in [0.5, 0.6) is 0 Å². The highest BCUT2D eigenvalue weighted by molar-refractivity contribution is 9.10. The van der Waals surface area contributed by atoms with Gasteiger partial charge in [-0.25, -0.2) is 14.2 Å². The molecule has 134 valence electrons. The Morgan fingerprint density at radius 1 is 1.27 bits per heavy atom. The maximum absolute atomic E-state index is 14.3. The van der Waals surface area contributed by atoms with E-state index in [1.807, 2.05) is 24.3 Å². The van der Waals surface area contributed by atoms with Crippen molar-refractivity contribution in [3.8, 4) is 11.3 Å². The molecule has 0 spiro atoms.